The maximum Gasteiger partial charge on any atom is 0.226 e. The Morgan fingerprint density at radius 2 is 1.48 bits per heavy atom. The summed E-state index contributed by atoms with van der Waals surface area (Å²) in [5, 5.41) is 6.50. The van der Waals surface area contributed by atoms with Gasteiger partial charge >= 0.3 is 0 Å². The molecular weight excluding hydrogens is 288 g/mol. The highest BCUT2D eigenvalue weighted by atomic mass is 16.2. The molecule has 0 saturated heterocycles. The Bertz CT molecular complexity index is 517. The van der Waals surface area contributed by atoms with E-state index in [0.717, 1.165) is 32.1 Å². The number of amides is 2. The fourth-order valence-corrected chi connectivity index (χ4v) is 4.21. The lowest BCUT2D eigenvalue weighted by Crippen LogP contribution is -2.49. The Labute approximate surface area is 140 Å². The number of carbonyl (C=O) groups excluding carboxylic acids is 2. The molecule has 0 aromatic heterocycles. The molecule has 3 saturated carbocycles. The van der Waals surface area contributed by atoms with Gasteiger partial charge in [0.25, 0.3) is 0 Å². The van der Waals surface area contributed by atoms with Gasteiger partial charge in [0, 0.05) is 29.3 Å². The molecule has 130 valence electrons. The molecule has 3 fully saturated rings. The van der Waals surface area contributed by atoms with Crippen molar-refractivity contribution in [2.45, 2.75) is 72.8 Å². The van der Waals surface area contributed by atoms with Crippen LogP contribution in [0.2, 0.25) is 0 Å². The van der Waals surface area contributed by atoms with Gasteiger partial charge in [-0.15, -0.1) is 0 Å². The molecule has 3 atom stereocenters. The summed E-state index contributed by atoms with van der Waals surface area (Å²) in [6, 6.07) is 0.169. The van der Waals surface area contributed by atoms with Gasteiger partial charge in [0.1, 0.15) is 0 Å². The summed E-state index contributed by atoms with van der Waals surface area (Å²) in [5.74, 6) is 1.15. The van der Waals surface area contributed by atoms with Crippen molar-refractivity contribution in [2.75, 3.05) is 6.54 Å². The average molecular weight is 320 g/mol. The van der Waals surface area contributed by atoms with E-state index in [2.05, 4.69) is 38.3 Å². The van der Waals surface area contributed by atoms with Gasteiger partial charge in [-0.05, 0) is 43.4 Å². The van der Waals surface area contributed by atoms with Gasteiger partial charge < -0.3 is 10.6 Å². The molecule has 0 radical (unpaired) electrons. The Kier molecular flexibility index (Phi) is 3.81. The third kappa shape index (κ3) is 3.14. The highest BCUT2D eigenvalue weighted by Crippen LogP contribution is 2.49. The monoisotopic (exact) mass is 320 g/mol. The minimum Gasteiger partial charge on any atom is -0.355 e. The maximum atomic E-state index is 12.5. The zero-order valence-electron chi connectivity index (χ0n) is 15.3. The first-order valence-corrected chi connectivity index (χ1v) is 9.17. The van der Waals surface area contributed by atoms with Crippen molar-refractivity contribution in [3.8, 4) is 0 Å². The second-order valence-electron chi connectivity index (χ2n) is 9.61. The number of carbonyl (C=O) groups is 2. The van der Waals surface area contributed by atoms with Crippen molar-refractivity contribution in [3.05, 3.63) is 0 Å². The van der Waals surface area contributed by atoms with E-state index in [-0.39, 0.29) is 34.1 Å². The topological polar surface area (TPSA) is 58.2 Å². The van der Waals surface area contributed by atoms with E-state index in [1.54, 1.807) is 0 Å². The first kappa shape index (κ1) is 16.8. The Morgan fingerprint density at radius 3 is 2.00 bits per heavy atom. The fourth-order valence-electron chi connectivity index (χ4n) is 4.21. The molecule has 4 heteroatoms. The highest BCUT2D eigenvalue weighted by molar-refractivity contribution is 5.85. The number of hydrogen-bond donors (Lipinski definition) is 2. The Morgan fingerprint density at radius 1 is 0.957 bits per heavy atom. The van der Waals surface area contributed by atoms with E-state index in [9.17, 15) is 9.59 Å². The molecule has 3 aliphatic rings. The van der Waals surface area contributed by atoms with E-state index >= 15 is 0 Å². The molecule has 0 unspecified atom stereocenters. The fraction of sp³-hybridized carbons (Fsp3) is 0.895. The van der Waals surface area contributed by atoms with Crippen LogP contribution >= 0.6 is 0 Å². The summed E-state index contributed by atoms with van der Waals surface area (Å²) < 4.78 is 0. The lowest BCUT2D eigenvalue weighted by Gasteiger charge is -2.32. The van der Waals surface area contributed by atoms with Crippen molar-refractivity contribution in [2.24, 2.45) is 28.1 Å². The van der Waals surface area contributed by atoms with Crippen LogP contribution in [0.1, 0.15) is 66.7 Å². The van der Waals surface area contributed by atoms with Crippen molar-refractivity contribution < 1.29 is 9.59 Å². The van der Waals surface area contributed by atoms with Crippen molar-refractivity contribution in [1.29, 1.82) is 0 Å². The molecule has 23 heavy (non-hydrogen) atoms. The van der Waals surface area contributed by atoms with Crippen molar-refractivity contribution in [1.82, 2.24) is 10.6 Å². The number of rotatable bonds is 5. The van der Waals surface area contributed by atoms with Crippen molar-refractivity contribution >= 4 is 11.8 Å². The van der Waals surface area contributed by atoms with E-state index in [0.29, 0.717) is 18.4 Å². The maximum absolute atomic E-state index is 12.5. The van der Waals surface area contributed by atoms with Crippen LogP contribution in [-0.2, 0) is 9.59 Å². The molecule has 2 amide bonds. The van der Waals surface area contributed by atoms with Crippen LogP contribution in [0.5, 0.6) is 0 Å². The van der Waals surface area contributed by atoms with Crippen LogP contribution < -0.4 is 10.6 Å². The third-order valence-electron chi connectivity index (χ3n) is 6.78. The van der Waals surface area contributed by atoms with Crippen LogP contribution in [0.25, 0.3) is 0 Å². The molecule has 0 aromatic carbocycles. The summed E-state index contributed by atoms with van der Waals surface area (Å²) in [6.45, 7) is 11.5. The molecule has 4 nitrogen and oxygen atoms in total. The zero-order valence-corrected chi connectivity index (χ0v) is 15.3. The molecule has 2 N–H and O–H groups in total. The first-order chi connectivity index (χ1) is 10.6. The molecule has 3 aliphatic carbocycles. The zero-order chi connectivity index (χ0) is 17.0. The van der Waals surface area contributed by atoms with Gasteiger partial charge in [0.15, 0.2) is 0 Å². The highest BCUT2D eigenvalue weighted by Gasteiger charge is 2.51. The molecule has 3 rings (SSSR count). The van der Waals surface area contributed by atoms with Gasteiger partial charge in [-0.25, -0.2) is 0 Å². The molecule has 0 aliphatic heterocycles. The minimum absolute atomic E-state index is 0.130. The average Bonchev–Trinajstić information content (AvgIpc) is 3.35. The second-order valence-corrected chi connectivity index (χ2v) is 9.61. The molecule has 0 heterocycles. The van der Waals surface area contributed by atoms with Crippen LogP contribution in [0.4, 0.5) is 0 Å². The van der Waals surface area contributed by atoms with E-state index < -0.39 is 0 Å². The molecule has 0 bridgehead atoms. The quantitative estimate of drug-likeness (QED) is 0.818. The summed E-state index contributed by atoms with van der Waals surface area (Å²) >= 11 is 0. The third-order valence-corrected chi connectivity index (χ3v) is 6.78. The number of hydrogen-bond acceptors (Lipinski definition) is 2. The Hall–Kier alpha value is -1.06. The summed E-state index contributed by atoms with van der Waals surface area (Å²) in [4.78, 5) is 24.8. The van der Waals surface area contributed by atoms with E-state index in [1.807, 2.05) is 6.92 Å². The summed E-state index contributed by atoms with van der Waals surface area (Å²) in [5.41, 5.74) is -0.129. The first-order valence-electron chi connectivity index (χ1n) is 9.17. The van der Waals surface area contributed by atoms with Crippen LogP contribution in [0.3, 0.4) is 0 Å². The lowest BCUT2D eigenvalue weighted by molar-refractivity contribution is -0.127. The van der Waals surface area contributed by atoms with Gasteiger partial charge in [-0.2, -0.15) is 0 Å². The van der Waals surface area contributed by atoms with Crippen LogP contribution in [0.15, 0.2) is 0 Å². The van der Waals surface area contributed by atoms with Crippen molar-refractivity contribution in [3.63, 3.8) is 0 Å². The van der Waals surface area contributed by atoms with Crippen LogP contribution in [-0.4, -0.2) is 24.4 Å². The smallest absolute Gasteiger partial charge is 0.226 e. The van der Waals surface area contributed by atoms with Gasteiger partial charge in [0.05, 0.1) is 0 Å². The molecule has 0 spiro atoms. The summed E-state index contributed by atoms with van der Waals surface area (Å²) in [7, 11) is 0. The SMILES string of the molecule is C[C@@H]1CC(C)(C)[C@@H](CNC(=O)C2(C)CC2)[C@@H]1NC(=O)C1(C)CC1. The van der Waals surface area contributed by atoms with E-state index in [4.69, 9.17) is 0 Å². The largest absolute Gasteiger partial charge is 0.355 e. The minimum atomic E-state index is -0.137. The van der Waals surface area contributed by atoms with Gasteiger partial charge in [0.2, 0.25) is 11.8 Å². The number of nitrogens with one attached hydrogen (secondary N) is 2. The predicted octanol–water partition coefficient (Wildman–Crippen LogP) is 2.87. The van der Waals surface area contributed by atoms with Gasteiger partial charge in [-0.1, -0.05) is 34.6 Å². The van der Waals surface area contributed by atoms with Crippen LogP contribution in [0, 0.1) is 28.1 Å². The molecule has 0 aromatic rings. The standard InChI is InChI=1S/C19H32N2O2/c1-12-10-17(2,3)13(11-20-15(22)18(4)6-7-18)14(12)21-16(23)19(5)8-9-19/h12-14H,6-11H2,1-5H3,(H,20,22)(H,21,23)/t12-,13+,14-/m1/s1. The van der Waals surface area contributed by atoms with Gasteiger partial charge in [-0.3, -0.25) is 9.59 Å². The predicted molar refractivity (Wildman–Crippen MR) is 90.7 cm³/mol. The van der Waals surface area contributed by atoms with E-state index in [1.165, 1.54) is 0 Å². The Balaban J connectivity index is 1.65. The normalized spacial score (nSPS) is 35.4. The summed E-state index contributed by atoms with van der Waals surface area (Å²) in [6.07, 6.45) is 5.10. The second kappa shape index (κ2) is 5.22. The molecular formula is C19H32N2O2. The lowest BCUT2D eigenvalue weighted by atomic mass is 9.80.